The Balaban J connectivity index is 0.00000342. The number of amides is 2. The second kappa shape index (κ2) is 12.0. The third-order valence-electron chi connectivity index (χ3n) is 4.91. The fraction of sp³-hybridized carbons (Fsp3) is 0.0769. The van der Waals surface area contributed by atoms with Crippen LogP contribution >= 0.6 is 11.8 Å². The number of anilines is 1. The second-order valence-electron chi connectivity index (χ2n) is 7.58. The molecule has 1 saturated heterocycles. The van der Waals surface area contributed by atoms with E-state index in [0.717, 1.165) is 22.4 Å². The van der Waals surface area contributed by atoms with Crippen LogP contribution in [0.5, 0.6) is 0 Å². The molecule has 0 bridgehead atoms. The molecule has 0 aliphatic carbocycles. The van der Waals surface area contributed by atoms with Crippen LogP contribution in [0.25, 0.3) is 17.2 Å². The number of nitrogens with zero attached hydrogens (tertiary/aromatic N) is 1. The maximum atomic E-state index is 12.4. The molecule has 9 heteroatoms. The Labute approximate surface area is 229 Å². The molecule has 7 nitrogen and oxygen atoms in total. The summed E-state index contributed by atoms with van der Waals surface area (Å²) < 4.78 is 0. The summed E-state index contributed by atoms with van der Waals surface area (Å²) >= 11 is 1.24. The first kappa shape index (κ1) is 26.4. The first-order valence-electron chi connectivity index (χ1n) is 10.4. The molecule has 2 amide bonds. The number of aliphatic carboxylic acids is 1. The van der Waals surface area contributed by atoms with Crippen LogP contribution in [0.3, 0.4) is 0 Å². The van der Waals surface area contributed by atoms with Gasteiger partial charge < -0.3 is 20.5 Å². The van der Waals surface area contributed by atoms with Gasteiger partial charge in [-0.2, -0.15) is 0 Å². The quantitative estimate of drug-likeness (QED) is 0.384. The molecule has 0 saturated carbocycles. The van der Waals surface area contributed by atoms with Gasteiger partial charge in [0.25, 0.3) is 5.91 Å². The molecule has 2 N–H and O–H groups in total. The summed E-state index contributed by atoms with van der Waals surface area (Å²) in [5, 5.41) is 16.6. The average Bonchev–Trinajstić information content (AvgIpc) is 3.14. The van der Waals surface area contributed by atoms with Gasteiger partial charge in [0, 0.05) is 25.0 Å². The number of benzene rings is 3. The van der Waals surface area contributed by atoms with Gasteiger partial charge in [0.2, 0.25) is 5.91 Å². The van der Waals surface area contributed by atoms with E-state index in [0.29, 0.717) is 21.3 Å². The summed E-state index contributed by atoms with van der Waals surface area (Å²) in [7, 11) is 0. The monoisotopic (exact) mass is 493 g/mol. The van der Waals surface area contributed by atoms with E-state index in [-0.39, 0.29) is 47.8 Å². The number of thioether (sulfide) groups is 1. The number of carbonyl (C=O) groups is 3. The molecule has 1 fully saturated rings. The van der Waals surface area contributed by atoms with Crippen LogP contribution in [0.2, 0.25) is 0 Å². The van der Waals surface area contributed by atoms with Gasteiger partial charge in [-0.1, -0.05) is 48.5 Å². The Kier molecular flexibility index (Phi) is 9.06. The van der Waals surface area contributed by atoms with Gasteiger partial charge >= 0.3 is 29.6 Å². The molecule has 4 rings (SSSR count). The summed E-state index contributed by atoms with van der Waals surface area (Å²) in [6, 6.07) is 22.1. The van der Waals surface area contributed by atoms with Gasteiger partial charge in [0.1, 0.15) is 0 Å². The van der Waals surface area contributed by atoms with Crippen molar-refractivity contribution in [3.05, 3.63) is 88.8 Å². The van der Waals surface area contributed by atoms with E-state index < -0.39 is 5.97 Å². The van der Waals surface area contributed by atoms with E-state index in [1.54, 1.807) is 30.3 Å². The van der Waals surface area contributed by atoms with E-state index in [4.69, 9.17) is 0 Å². The molecule has 1 aliphatic heterocycles. The number of rotatable bonds is 6. The minimum absolute atomic E-state index is 0. The Morgan fingerprint density at radius 1 is 0.971 bits per heavy atom. The maximum absolute atomic E-state index is 12.4. The topological polar surface area (TPSA) is 111 Å². The van der Waals surface area contributed by atoms with Crippen molar-refractivity contribution in [3.8, 4) is 11.1 Å². The zero-order chi connectivity index (χ0) is 24.1. The summed E-state index contributed by atoms with van der Waals surface area (Å²) in [5.74, 6) is -1.48. The summed E-state index contributed by atoms with van der Waals surface area (Å²) in [6.45, 7) is 1.47. The van der Waals surface area contributed by atoms with E-state index in [2.05, 4.69) is 15.6 Å². The normalized spacial score (nSPS) is 14.9. The molecular weight excluding hydrogens is 473 g/mol. The number of hydrogen-bond donors (Lipinski definition) is 2. The number of amidine groups is 1. The number of hydrogen-bond acceptors (Lipinski definition) is 6. The molecule has 3 aromatic carbocycles. The zero-order valence-electron chi connectivity index (χ0n) is 19.2. The van der Waals surface area contributed by atoms with Gasteiger partial charge in [-0.05, 0) is 64.4 Å². The predicted octanol–water partition coefficient (Wildman–Crippen LogP) is 0.500. The zero-order valence-corrected chi connectivity index (χ0v) is 22.0. The molecule has 0 atom stereocenters. The minimum Gasteiger partial charge on any atom is -0.550 e. The average molecular weight is 494 g/mol. The van der Waals surface area contributed by atoms with Gasteiger partial charge in [0.15, 0.2) is 5.17 Å². The predicted molar refractivity (Wildman–Crippen MR) is 132 cm³/mol. The van der Waals surface area contributed by atoms with E-state index in [1.807, 2.05) is 48.5 Å². The van der Waals surface area contributed by atoms with Gasteiger partial charge in [-0.3, -0.25) is 9.59 Å². The Hall–Kier alpha value is -3.17. The second-order valence-corrected chi connectivity index (χ2v) is 8.61. The molecule has 0 radical (unpaired) electrons. The van der Waals surface area contributed by atoms with E-state index in [1.165, 1.54) is 18.7 Å². The van der Waals surface area contributed by atoms with Gasteiger partial charge in [0.05, 0.1) is 10.6 Å². The maximum Gasteiger partial charge on any atom is 1.00 e. The summed E-state index contributed by atoms with van der Waals surface area (Å²) in [4.78, 5) is 39.1. The Morgan fingerprint density at radius 2 is 1.57 bits per heavy atom. The molecule has 0 spiro atoms. The SMILES string of the molecule is CC(=O)Nc1ccc(-c2ccc(C=C3SC(=Nc4ccc(CC(=O)[O-])cc4)NC3=O)cc2)cc1.[Na+]. The first-order chi connectivity index (χ1) is 16.4. The number of carbonyl (C=O) groups excluding carboxylic acids is 3. The fourth-order valence-electron chi connectivity index (χ4n) is 3.33. The van der Waals surface area contributed by atoms with Crippen molar-refractivity contribution >= 4 is 52.2 Å². The first-order valence-corrected chi connectivity index (χ1v) is 11.2. The van der Waals surface area contributed by atoms with Crippen molar-refractivity contribution < 1.29 is 49.0 Å². The van der Waals surface area contributed by atoms with Crippen molar-refractivity contribution in [2.24, 2.45) is 4.99 Å². The number of carboxylic acids is 1. The Morgan fingerprint density at radius 3 is 2.14 bits per heavy atom. The van der Waals surface area contributed by atoms with Crippen molar-refractivity contribution in [1.82, 2.24) is 5.32 Å². The van der Waals surface area contributed by atoms with Gasteiger partial charge in [-0.25, -0.2) is 4.99 Å². The summed E-state index contributed by atoms with van der Waals surface area (Å²) in [6.07, 6.45) is 1.64. The number of carboxylic acid groups (broad SMARTS) is 1. The van der Waals surface area contributed by atoms with E-state index in [9.17, 15) is 19.5 Å². The third-order valence-corrected chi connectivity index (χ3v) is 5.82. The number of nitrogens with one attached hydrogen (secondary N) is 2. The molecule has 35 heavy (non-hydrogen) atoms. The Bertz CT molecular complexity index is 1300. The van der Waals surface area contributed by atoms with Crippen molar-refractivity contribution in [2.45, 2.75) is 13.3 Å². The van der Waals surface area contributed by atoms with Crippen LogP contribution in [0.4, 0.5) is 11.4 Å². The molecule has 1 aliphatic rings. The summed E-state index contributed by atoms with van der Waals surface area (Å²) in [5.41, 5.74) is 4.89. The fourth-order valence-corrected chi connectivity index (χ4v) is 4.17. The van der Waals surface area contributed by atoms with E-state index >= 15 is 0 Å². The molecular formula is C26H20N3NaO4S. The van der Waals surface area contributed by atoms with Crippen molar-refractivity contribution in [3.63, 3.8) is 0 Å². The van der Waals surface area contributed by atoms with Crippen LogP contribution in [0.1, 0.15) is 18.1 Å². The van der Waals surface area contributed by atoms with Crippen LogP contribution in [0, 0.1) is 0 Å². The third kappa shape index (κ3) is 7.40. The van der Waals surface area contributed by atoms with Crippen LogP contribution in [-0.4, -0.2) is 23.0 Å². The van der Waals surface area contributed by atoms with Crippen LogP contribution in [0.15, 0.2) is 82.7 Å². The molecule has 3 aromatic rings. The van der Waals surface area contributed by atoms with Crippen molar-refractivity contribution in [1.29, 1.82) is 0 Å². The molecule has 170 valence electrons. The standard InChI is InChI=1S/C26H21N3O4S.Na/c1-16(30)27-21-12-8-20(9-13-21)19-6-2-17(3-7-19)14-23-25(33)29-26(34-23)28-22-10-4-18(5-11-22)15-24(31)32;/h2-14H,15H2,1H3,(H,27,30)(H,31,32)(H,28,29,33);/q;+1/p-1. The van der Waals surface area contributed by atoms with Crippen molar-refractivity contribution in [2.75, 3.05) is 5.32 Å². The molecule has 0 unspecified atom stereocenters. The van der Waals surface area contributed by atoms with Crippen LogP contribution < -0.4 is 45.3 Å². The number of aliphatic imine (C=N–C) groups is 1. The largest absolute Gasteiger partial charge is 1.00 e. The van der Waals surface area contributed by atoms with Gasteiger partial charge in [-0.15, -0.1) is 0 Å². The molecule has 0 aromatic heterocycles. The smallest absolute Gasteiger partial charge is 0.550 e. The molecule has 1 heterocycles. The minimum atomic E-state index is -1.14. The van der Waals surface area contributed by atoms with Crippen LogP contribution in [-0.2, 0) is 20.8 Å².